The maximum absolute atomic E-state index is 13.1. The van der Waals surface area contributed by atoms with E-state index in [2.05, 4.69) is 0 Å². The summed E-state index contributed by atoms with van der Waals surface area (Å²) in [5.41, 5.74) is 0.924. The lowest BCUT2D eigenvalue weighted by atomic mass is 10.1. The minimum Gasteiger partial charge on any atom is -0.480 e. The molecule has 1 aliphatic rings. The van der Waals surface area contributed by atoms with E-state index in [1.54, 1.807) is 6.07 Å². The van der Waals surface area contributed by atoms with Crippen LogP contribution in [0, 0.1) is 5.82 Å². The molecule has 0 saturated heterocycles. The molecule has 1 aromatic rings. The first-order valence-electron chi connectivity index (χ1n) is 6.85. The number of aliphatic carboxylic acids is 1. The molecule has 0 radical (unpaired) electrons. The molecule has 1 saturated carbocycles. The third-order valence-corrected chi connectivity index (χ3v) is 3.76. The molecule has 0 atom stereocenters. The van der Waals surface area contributed by atoms with Crippen LogP contribution in [0.4, 0.5) is 4.39 Å². The number of benzene rings is 1. The lowest BCUT2D eigenvalue weighted by molar-refractivity contribution is -0.138. The van der Waals surface area contributed by atoms with Crippen LogP contribution in [0.1, 0.15) is 31.2 Å². The molecule has 1 fully saturated rings. The van der Waals surface area contributed by atoms with E-state index in [-0.39, 0.29) is 24.8 Å². The topological polar surface area (TPSA) is 40.5 Å². The SMILES string of the molecule is Cl.O=C(O)CN(CCc1cccc(F)c1)C1CCCC1. The van der Waals surface area contributed by atoms with Gasteiger partial charge in [-0.05, 0) is 37.0 Å². The van der Waals surface area contributed by atoms with E-state index in [0.717, 1.165) is 18.4 Å². The fraction of sp³-hybridized carbons (Fsp3) is 0.533. The van der Waals surface area contributed by atoms with Gasteiger partial charge in [0.05, 0.1) is 6.54 Å². The Labute approximate surface area is 125 Å². The van der Waals surface area contributed by atoms with Crippen LogP contribution >= 0.6 is 12.4 Å². The maximum Gasteiger partial charge on any atom is 0.317 e. The van der Waals surface area contributed by atoms with Crippen molar-refractivity contribution in [3.63, 3.8) is 0 Å². The number of halogens is 2. The average Bonchev–Trinajstić information content (AvgIpc) is 2.88. The summed E-state index contributed by atoms with van der Waals surface area (Å²) in [5, 5.41) is 8.98. The largest absolute Gasteiger partial charge is 0.480 e. The normalized spacial score (nSPS) is 15.3. The van der Waals surface area contributed by atoms with E-state index < -0.39 is 5.97 Å². The molecule has 0 bridgehead atoms. The zero-order chi connectivity index (χ0) is 13.7. The zero-order valence-electron chi connectivity index (χ0n) is 11.4. The predicted molar refractivity (Wildman–Crippen MR) is 78.8 cm³/mol. The van der Waals surface area contributed by atoms with Gasteiger partial charge >= 0.3 is 5.97 Å². The van der Waals surface area contributed by atoms with E-state index in [1.807, 2.05) is 11.0 Å². The number of hydrogen-bond donors (Lipinski definition) is 1. The molecule has 1 aromatic carbocycles. The third kappa shape index (κ3) is 5.10. The molecule has 0 heterocycles. The van der Waals surface area contributed by atoms with Gasteiger partial charge in [0.1, 0.15) is 5.82 Å². The van der Waals surface area contributed by atoms with Crippen molar-refractivity contribution >= 4 is 18.4 Å². The maximum atomic E-state index is 13.1. The minimum absolute atomic E-state index is 0. The van der Waals surface area contributed by atoms with Crippen molar-refractivity contribution in [3.05, 3.63) is 35.6 Å². The molecule has 1 N–H and O–H groups in total. The number of carboxylic acids is 1. The van der Waals surface area contributed by atoms with Gasteiger partial charge < -0.3 is 5.11 Å². The van der Waals surface area contributed by atoms with Crippen LogP contribution in [0.3, 0.4) is 0 Å². The molecule has 1 aliphatic carbocycles. The molecule has 5 heteroatoms. The van der Waals surface area contributed by atoms with Crippen LogP contribution in [0.5, 0.6) is 0 Å². The van der Waals surface area contributed by atoms with Crippen molar-refractivity contribution in [2.45, 2.75) is 38.1 Å². The Kier molecular flexibility index (Phi) is 6.96. The highest BCUT2D eigenvalue weighted by molar-refractivity contribution is 5.85. The third-order valence-electron chi connectivity index (χ3n) is 3.76. The smallest absolute Gasteiger partial charge is 0.317 e. The molecule has 0 aromatic heterocycles. The molecule has 0 spiro atoms. The van der Waals surface area contributed by atoms with Crippen LogP contribution in [0.15, 0.2) is 24.3 Å². The van der Waals surface area contributed by atoms with Crippen molar-refractivity contribution < 1.29 is 14.3 Å². The Morgan fingerprint density at radius 1 is 1.35 bits per heavy atom. The number of carboxylic acid groups (broad SMARTS) is 1. The van der Waals surface area contributed by atoms with Crippen molar-refractivity contribution in [1.29, 1.82) is 0 Å². The Morgan fingerprint density at radius 2 is 2.05 bits per heavy atom. The van der Waals surface area contributed by atoms with Gasteiger partial charge in [-0.2, -0.15) is 0 Å². The number of nitrogens with zero attached hydrogens (tertiary/aromatic N) is 1. The van der Waals surface area contributed by atoms with Gasteiger partial charge in [-0.3, -0.25) is 9.69 Å². The summed E-state index contributed by atoms with van der Waals surface area (Å²) in [7, 11) is 0. The minimum atomic E-state index is -0.786. The summed E-state index contributed by atoms with van der Waals surface area (Å²) in [6.45, 7) is 0.764. The molecule has 0 unspecified atom stereocenters. The Morgan fingerprint density at radius 3 is 2.65 bits per heavy atom. The van der Waals surface area contributed by atoms with E-state index in [1.165, 1.54) is 25.0 Å². The van der Waals surface area contributed by atoms with Gasteiger partial charge in [0, 0.05) is 12.6 Å². The molecule has 0 amide bonds. The molecule has 0 aliphatic heterocycles. The summed E-state index contributed by atoms with van der Waals surface area (Å²) in [4.78, 5) is 13.0. The quantitative estimate of drug-likeness (QED) is 0.877. The van der Waals surface area contributed by atoms with E-state index >= 15 is 0 Å². The monoisotopic (exact) mass is 301 g/mol. The Hall–Kier alpha value is -1.13. The lowest BCUT2D eigenvalue weighted by Gasteiger charge is -2.27. The summed E-state index contributed by atoms with van der Waals surface area (Å²) in [5.74, 6) is -1.02. The molecule has 112 valence electrons. The lowest BCUT2D eigenvalue weighted by Crippen LogP contribution is -2.38. The second-order valence-electron chi connectivity index (χ2n) is 5.18. The highest BCUT2D eigenvalue weighted by atomic mass is 35.5. The highest BCUT2D eigenvalue weighted by Crippen LogP contribution is 2.23. The van der Waals surface area contributed by atoms with Crippen LogP contribution < -0.4 is 0 Å². The Balaban J connectivity index is 0.00000200. The fourth-order valence-corrected chi connectivity index (χ4v) is 2.80. The number of rotatable bonds is 6. The first-order valence-corrected chi connectivity index (χ1v) is 6.85. The van der Waals surface area contributed by atoms with Crippen molar-refractivity contribution in [3.8, 4) is 0 Å². The summed E-state index contributed by atoms with van der Waals surface area (Å²) >= 11 is 0. The summed E-state index contributed by atoms with van der Waals surface area (Å²) in [6, 6.07) is 6.91. The molecule has 20 heavy (non-hydrogen) atoms. The highest BCUT2D eigenvalue weighted by Gasteiger charge is 2.23. The second kappa shape index (κ2) is 8.22. The van der Waals surface area contributed by atoms with Crippen molar-refractivity contribution in [1.82, 2.24) is 4.90 Å². The van der Waals surface area contributed by atoms with Gasteiger partial charge in [0.15, 0.2) is 0 Å². The van der Waals surface area contributed by atoms with E-state index in [0.29, 0.717) is 19.0 Å². The van der Waals surface area contributed by atoms with Crippen molar-refractivity contribution in [2.75, 3.05) is 13.1 Å². The summed E-state index contributed by atoms with van der Waals surface area (Å²) in [6.07, 6.45) is 5.22. The molecular weight excluding hydrogens is 281 g/mol. The average molecular weight is 302 g/mol. The van der Waals surface area contributed by atoms with Gasteiger partial charge in [-0.25, -0.2) is 4.39 Å². The van der Waals surface area contributed by atoms with Gasteiger partial charge in [0.25, 0.3) is 0 Å². The second-order valence-corrected chi connectivity index (χ2v) is 5.18. The first kappa shape index (κ1) is 16.9. The van der Waals surface area contributed by atoms with Gasteiger partial charge in [-0.1, -0.05) is 25.0 Å². The molecule has 3 nitrogen and oxygen atoms in total. The van der Waals surface area contributed by atoms with E-state index in [4.69, 9.17) is 5.11 Å². The van der Waals surface area contributed by atoms with Gasteiger partial charge in [0.2, 0.25) is 0 Å². The number of carbonyl (C=O) groups is 1. The molecular formula is C15H21ClFNO2. The number of hydrogen-bond acceptors (Lipinski definition) is 2. The fourth-order valence-electron chi connectivity index (χ4n) is 2.80. The van der Waals surface area contributed by atoms with Gasteiger partial charge in [-0.15, -0.1) is 12.4 Å². The zero-order valence-corrected chi connectivity index (χ0v) is 12.2. The standard InChI is InChI=1S/C15H20FNO2.ClH/c16-13-5-3-4-12(10-13)8-9-17(11-15(18)19)14-6-1-2-7-14;/h3-5,10,14H,1-2,6-9,11H2,(H,18,19);1H. The van der Waals surface area contributed by atoms with Crippen LogP contribution in [0.25, 0.3) is 0 Å². The van der Waals surface area contributed by atoms with E-state index in [9.17, 15) is 9.18 Å². The van der Waals surface area contributed by atoms with Crippen LogP contribution in [0.2, 0.25) is 0 Å². The molecule has 2 rings (SSSR count). The predicted octanol–water partition coefficient (Wildman–Crippen LogP) is 3.12. The first-order chi connectivity index (χ1) is 9.15. The van der Waals surface area contributed by atoms with Crippen LogP contribution in [-0.2, 0) is 11.2 Å². The van der Waals surface area contributed by atoms with Crippen LogP contribution in [-0.4, -0.2) is 35.1 Å². The Bertz CT molecular complexity index is 436. The summed E-state index contributed by atoms with van der Waals surface area (Å²) < 4.78 is 13.1. The van der Waals surface area contributed by atoms with Crippen molar-refractivity contribution in [2.24, 2.45) is 0 Å².